The van der Waals surface area contributed by atoms with Crippen molar-refractivity contribution >= 4 is 11.0 Å². The Hall–Kier alpha value is -3.72. The SMILES string of the molecule is Cc1ccccc1-c1n(C)c2cc(-c3ccc(F)cc3)ccc2[n+]1-c1ccccc1C(C)C. The molecule has 3 heteroatoms. The lowest BCUT2D eigenvalue weighted by molar-refractivity contribution is -0.556. The standard InChI is InChI=1S/C30H28FN2/c1-20(2)25-10-7-8-12-27(25)33-28-18-15-23(22-13-16-24(31)17-14-22)19-29(28)32(4)30(33)26-11-6-5-9-21(26)3/h5-20H,1-4H3/q+1. The Balaban J connectivity index is 1.86. The normalized spacial score (nSPS) is 11.5. The summed E-state index contributed by atoms with van der Waals surface area (Å²) in [5, 5.41) is 0. The van der Waals surface area contributed by atoms with E-state index in [1.807, 2.05) is 12.1 Å². The van der Waals surface area contributed by atoms with Gasteiger partial charge in [-0.1, -0.05) is 62.4 Å². The molecule has 0 aliphatic carbocycles. The minimum absolute atomic E-state index is 0.219. The van der Waals surface area contributed by atoms with Crippen LogP contribution < -0.4 is 4.57 Å². The van der Waals surface area contributed by atoms with Crippen molar-refractivity contribution < 1.29 is 8.96 Å². The second-order valence-electron chi connectivity index (χ2n) is 8.96. The molecule has 5 rings (SSSR count). The number of para-hydroxylation sites is 1. The van der Waals surface area contributed by atoms with Crippen LogP contribution in [0.15, 0.2) is 91.0 Å². The van der Waals surface area contributed by atoms with Crippen molar-refractivity contribution in [1.29, 1.82) is 0 Å². The molecule has 33 heavy (non-hydrogen) atoms. The van der Waals surface area contributed by atoms with E-state index in [4.69, 9.17) is 0 Å². The molecular formula is C30H28FN2+. The number of hydrogen-bond acceptors (Lipinski definition) is 0. The van der Waals surface area contributed by atoms with Gasteiger partial charge in [-0.15, -0.1) is 0 Å². The molecule has 1 aromatic heterocycles. The average Bonchev–Trinajstić information content (AvgIpc) is 3.11. The summed E-state index contributed by atoms with van der Waals surface area (Å²) in [5.41, 5.74) is 9.31. The molecule has 0 fully saturated rings. The zero-order valence-corrected chi connectivity index (χ0v) is 19.5. The summed E-state index contributed by atoms with van der Waals surface area (Å²) >= 11 is 0. The van der Waals surface area contributed by atoms with Gasteiger partial charge < -0.3 is 0 Å². The molecule has 0 N–H and O–H groups in total. The predicted molar refractivity (Wildman–Crippen MR) is 134 cm³/mol. The van der Waals surface area contributed by atoms with Gasteiger partial charge in [-0.3, -0.25) is 0 Å². The molecule has 2 nitrogen and oxygen atoms in total. The summed E-state index contributed by atoms with van der Waals surface area (Å²) in [7, 11) is 2.13. The van der Waals surface area contributed by atoms with Crippen molar-refractivity contribution in [3.05, 3.63) is 108 Å². The highest BCUT2D eigenvalue weighted by molar-refractivity contribution is 5.83. The van der Waals surface area contributed by atoms with Gasteiger partial charge in [0.05, 0.1) is 12.6 Å². The van der Waals surface area contributed by atoms with Gasteiger partial charge in [0, 0.05) is 5.56 Å². The predicted octanol–water partition coefficient (Wildman–Crippen LogP) is 7.36. The monoisotopic (exact) mass is 435 g/mol. The van der Waals surface area contributed by atoms with E-state index in [2.05, 4.69) is 104 Å². The second-order valence-corrected chi connectivity index (χ2v) is 8.96. The Bertz CT molecular complexity index is 1460. The average molecular weight is 436 g/mol. The lowest BCUT2D eigenvalue weighted by Gasteiger charge is -2.12. The summed E-state index contributed by atoms with van der Waals surface area (Å²) < 4.78 is 18.2. The number of aryl methyl sites for hydroxylation is 2. The maximum absolute atomic E-state index is 13.5. The van der Waals surface area contributed by atoms with Crippen molar-refractivity contribution in [2.45, 2.75) is 26.7 Å². The maximum Gasteiger partial charge on any atom is 0.295 e. The van der Waals surface area contributed by atoms with E-state index in [9.17, 15) is 4.39 Å². The van der Waals surface area contributed by atoms with Crippen LogP contribution in [0.1, 0.15) is 30.9 Å². The molecule has 164 valence electrons. The number of fused-ring (bicyclic) bond motifs is 1. The summed E-state index contributed by atoms with van der Waals surface area (Å²) in [4.78, 5) is 0. The van der Waals surface area contributed by atoms with E-state index >= 15 is 0 Å². The third-order valence-corrected chi connectivity index (χ3v) is 6.47. The Morgan fingerprint density at radius 3 is 2.18 bits per heavy atom. The highest BCUT2D eigenvalue weighted by Crippen LogP contribution is 2.31. The third-order valence-electron chi connectivity index (χ3n) is 6.47. The first-order valence-electron chi connectivity index (χ1n) is 11.4. The Labute approximate surface area is 194 Å². The van der Waals surface area contributed by atoms with Crippen LogP contribution in [0.5, 0.6) is 0 Å². The zero-order valence-electron chi connectivity index (χ0n) is 19.5. The fourth-order valence-electron chi connectivity index (χ4n) is 4.73. The first-order chi connectivity index (χ1) is 16.0. The largest absolute Gasteiger partial charge is 0.295 e. The third kappa shape index (κ3) is 3.64. The van der Waals surface area contributed by atoms with E-state index in [1.54, 1.807) is 0 Å². The molecule has 0 saturated carbocycles. The number of imidazole rings is 1. The van der Waals surface area contributed by atoms with Crippen LogP contribution in [0.2, 0.25) is 0 Å². The first kappa shape index (κ1) is 21.1. The highest BCUT2D eigenvalue weighted by Gasteiger charge is 2.29. The van der Waals surface area contributed by atoms with Gasteiger partial charge in [0.1, 0.15) is 11.5 Å². The van der Waals surface area contributed by atoms with E-state index in [-0.39, 0.29) is 5.82 Å². The minimum atomic E-state index is -0.219. The van der Waals surface area contributed by atoms with Crippen LogP contribution in [0.3, 0.4) is 0 Å². The topological polar surface area (TPSA) is 8.81 Å². The van der Waals surface area contributed by atoms with Gasteiger partial charge in [-0.25, -0.2) is 8.96 Å². The first-order valence-corrected chi connectivity index (χ1v) is 11.4. The summed E-state index contributed by atoms with van der Waals surface area (Å²) in [6.45, 7) is 6.64. The zero-order chi connectivity index (χ0) is 23.1. The molecule has 0 atom stereocenters. The Kier molecular flexibility index (Phi) is 5.33. The number of halogens is 1. The van der Waals surface area contributed by atoms with Crippen molar-refractivity contribution in [2.75, 3.05) is 0 Å². The molecule has 1 heterocycles. The summed E-state index contributed by atoms with van der Waals surface area (Å²) in [6, 6.07) is 30.4. The molecule has 4 aromatic carbocycles. The molecule has 0 unspecified atom stereocenters. The van der Waals surface area contributed by atoms with Gasteiger partial charge >= 0.3 is 0 Å². The van der Waals surface area contributed by atoms with Crippen molar-refractivity contribution in [1.82, 2.24) is 4.57 Å². The molecule has 0 saturated heterocycles. The Morgan fingerprint density at radius 2 is 1.45 bits per heavy atom. The molecule has 0 spiro atoms. The van der Waals surface area contributed by atoms with E-state index in [0.717, 1.165) is 28.0 Å². The fraction of sp³-hybridized carbons (Fsp3) is 0.167. The summed E-state index contributed by atoms with van der Waals surface area (Å²) in [6.07, 6.45) is 0. The van der Waals surface area contributed by atoms with Gasteiger partial charge in [0.2, 0.25) is 0 Å². The van der Waals surface area contributed by atoms with Crippen LogP contribution in [0.4, 0.5) is 4.39 Å². The van der Waals surface area contributed by atoms with Crippen molar-refractivity contribution in [2.24, 2.45) is 7.05 Å². The number of benzene rings is 4. The number of hydrogen-bond donors (Lipinski definition) is 0. The van der Waals surface area contributed by atoms with Gasteiger partial charge in [-0.05, 0) is 72.0 Å². The molecule has 0 bridgehead atoms. The van der Waals surface area contributed by atoms with Crippen molar-refractivity contribution in [3.63, 3.8) is 0 Å². The highest BCUT2D eigenvalue weighted by atomic mass is 19.1. The molecule has 0 aliphatic heterocycles. The second kappa shape index (κ2) is 8.32. The van der Waals surface area contributed by atoms with Crippen LogP contribution in [-0.2, 0) is 7.05 Å². The molecule has 0 amide bonds. The van der Waals surface area contributed by atoms with Gasteiger partial charge in [-0.2, -0.15) is 4.57 Å². The van der Waals surface area contributed by atoms with E-state index in [1.165, 1.54) is 34.5 Å². The number of rotatable bonds is 4. The number of nitrogens with zero attached hydrogens (tertiary/aromatic N) is 2. The fourth-order valence-corrected chi connectivity index (χ4v) is 4.73. The smallest absolute Gasteiger partial charge is 0.225 e. The van der Waals surface area contributed by atoms with Gasteiger partial charge in [0.25, 0.3) is 5.82 Å². The molecule has 0 aliphatic rings. The lowest BCUT2D eigenvalue weighted by Crippen LogP contribution is -2.34. The van der Waals surface area contributed by atoms with E-state index in [0.29, 0.717) is 5.92 Å². The quantitative estimate of drug-likeness (QED) is 0.261. The molecule has 5 aromatic rings. The minimum Gasteiger partial charge on any atom is -0.225 e. The van der Waals surface area contributed by atoms with Crippen LogP contribution in [-0.4, -0.2) is 4.57 Å². The van der Waals surface area contributed by atoms with Crippen LogP contribution in [0.25, 0.3) is 39.2 Å². The maximum atomic E-state index is 13.5. The number of aromatic nitrogens is 2. The Morgan fingerprint density at radius 1 is 0.788 bits per heavy atom. The van der Waals surface area contributed by atoms with Crippen molar-refractivity contribution in [3.8, 4) is 28.2 Å². The summed E-state index contributed by atoms with van der Waals surface area (Å²) in [5.74, 6) is 1.32. The van der Waals surface area contributed by atoms with Crippen LogP contribution in [0, 0.1) is 12.7 Å². The van der Waals surface area contributed by atoms with E-state index < -0.39 is 0 Å². The molecule has 0 radical (unpaired) electrons. The van der Waals surface area contributed by atoms with Gasteiger partial charge in [0.15, 0.2) is 11.0 Å². The molecular weight excluding hydrogens is 407 g/mol. The van der Waals surface area contributed by atoms with Crippen LogP contribution >= 0.6 is 0 Å². The lowest BCUT2D eigenvalue weighted by atomic mass is 10.0.